The molecule has 5 nitrogen and oxygen atoms in total. The fourth-order valence-electron chi connectivity index (χ4n) is 1.57. The van der Waals surface area contributed by atoms with Gasteiger partial charge in [-0.05, 0) is 0 Å². The number of hydrogen-bond donors (Lipinski definition) is 2. The fraction of sp³-hybridized carbons (Fsp3) is 0.714. The highest BCUT2D eigenvalue weighted by molar-refractivity contribution is 5.77. The number of rotatable bonds is 0. The number of urea groups is 1. The van der Waals surface area contributed by atoms with Crippen molar-refractivity contribution in [2.45, 2.75) is 24.6 Å². The van der Waals surface area contributed by atoms with Crippen molar-refractivity contribution in [3.63, 3.8) is 0 Å². The fourth-order valence-corrected chi connectivity index (χ4v) is 1.57. The smallest absolute Gasteiger partial charge is 0.315 e. The molecule has 0 aromatic heterocycles. The lowest BCUT2D eigenvalue weighted by Crippen LogP contribution is -2.45. The second-order valence-corrected chi connectivity index (χ2v) is 3.02. The van der Waals surface area contributed by atoms with Gasteiger partial charge in [-0.3, -0.25) is 0 Å². The zero-order valence-corrected chi connectivity index (χ0v) is 6.41. The number of nitriles is 1. The molecule has 64 valence electrons. The van der Waals surface area contributed by atoms with E-state index in [-0.39, 0.29) is 24.2 Å². The van der Waals surface area contributed by atoms with Crippen LogP contribution in [0.3, 0.4) is 0 Å². The Kier molecular flexibility index (Phi) is 1.62. The maximum Gasteiger partial charge on any atom is 0.315 e. The molecule has 0 bridgehead atoms. The van der Waals surface area contributed by atoms with E-state index in [2.05, 4.69) is 10.6 Å². The van der Waals surface area contributed by atoms with Gasteiger partial charge in [0.25, 0.3) is 0 Å². The maximum absolute atomic E-state index is 10.8. The zero-order chi connectivity index (χ0) is 8.55. The van der Waals surface area contributed by atoms with Crippen LogP contribution in [0.15, 0.2) is 0 Å². The first kappa shape index (κ1) is 7.37. The van der Waals surface area contributed by atoms with E-state index in [9.17, 15) is 4.79 Å². The molecule has 5 heteroatoms. The van der Waals surface area contributed by atoms with Gasteiger partial charge in [-0.1, -0.05) is 0 Å². The average Bonchev–Trinajstić information content (AvgIpc) is 2.43. The molecule has 2 N–H and O–H groups in total. The number of hydrogen-bond acceptors (Lipinski definition) is 3. The van der Waals surface area contributed by atoms with Crippen LogP contribution < -0.4 is 10.6 Å². The summed E-state index contributed by atoms with van der Waals surface area (Å²) in [6.45, 7) is 0.432. The number of nitrogens with zero attached hydrogens (tertiary/aromatic N) is 1. The molecule has 2 heterocycles. The van der Waals surface area contributed by atoms with Crippen molar-refractivity contribution in [1.82, 2.24) is 10.6 Å². The summed E-state index contributed by atoms with van der Waals surface area (Å²) < 4.78 is 5.17. The van der Waals surface area contributed by atoms with Gasteiger partial charge in [0.2, 0.25) is 0 Å². The van der Waals surface area contributed by atoms with Gasteiger partial charge in [0.1, 0.15) is 6.10 Å². The minimum atomic E-state index is -0.369. The first-order valence-electron chi connectivity index (χ1n) is 3.88. The van der Waals surface area contributed by atoms with Crippen molar-refractivity contribution < 1.29 is 9.53 Å². The van der Waals surface area contributed by atoms with Crippen LogP contribution in [-0.2, 0) is 4.74 Å². The van der Waals surface area contributed by atoms with Gasteiger partial charge in [-0.15, -0.1) is 0 Å². The Morgan fingerprint density at radius 1 is 1.50 bits per heavy atom. The summed E-state index contributed by atoms with van der Waals surface area (Å²) in [5.74, 6) is 0. The SMILES string of the molecule is N#CC1CC2NC(=O)NC2CO1. The van der Waals surface area contributed by atoms with Crippen molar-refractivity contribution in [2.24, 2.45) is 0 Å². The van der Waals surface area contributed by atoms with E-state index in [1.54, 1.807) is 0 Å². The van der Waals surface area contributed by atoms with Crippen LogP contribution in [0.4, 0.5) is 4.79 Å². The Morgan fingerprint density at radius 2 is 2.25 bits per heavy atom. The molecule has 0 aliphatic carbocycles. The third-order valence-corrected chi connectivity index (χ3v) is 2.21. The Morgan fingerprint density at radius 3 is 3.00 bits per heavy atom. The van der Waals surface area contributed by atoms with Crippen LogP contribution >= 0.6 is 0 Å². The van der Waals surface area contributed by atoms with E-state index in [1.807, 2.05) is 6.07 Å². The molecular formula is C7H9N3O2. The van der Waals surface area contributed by atoms with Crippen molar-refractivity contribution in [2.75, 3.05) is 6.61 Å². The molecule has 3 atom stereocenters. The highest BCUT2D eigenvalue weighted by Crippen LogP contribution is 2.16. The van der Waals surface area contributed by atoms with Crippen LogP contribution in [0, 0.1) is 11.3 Å². The molecular weight excluding hydrogens is 158 g/mol. The topological polar surface area (TPSA) is 74.2 Å². The summed E-state index contributed by atoms with van der Waals surface area (Å²) in [7, 11) is 0. The molecule has 2 saturated heterocycles. The molecule has 2 rings (SSSR count). The van der Waals surface area contributed by atoms with Crippen molar-refractivity contribution in [1.29, 1.82) is 5.26 Å². The molecule has 0 aromatic carbocycles. The second kappa shape index (κ2) is 2.64. The van der Waals surface area contributed by atoms with Crippen LogP contribution in [0.2, 0.25) is 0 Å². The molecule has 0 aromatic rings. The van der Waals surface area contributed by atoms with E-state index in [1.165, 1.54) is 0 Å². The maximum atomic E-state index is 10.8. The summed E-state index contributed by atoms with van der Waals surface area (Å²) >= 11 is 0. The Bertz CT molecular complexity index is 248. The van der Waals surface area contributed by atoms with Crippen molar-refractivity contribution in [3.05, 3.63) is 0 Å². The van der Waals surface area contributed by atoms with Crippen molar-refractivity contribution >= 4 is 6.03 Å². The highest BCUT2D eigenvalue weighted by Gasteiger charge is 2.37. The molecule has 2 amide bonds. The number of ether oxygens (including phenoxy) is 1. The van der Waals surface area contributed by atoms with E-state index >= 15 is 0 Å². The minimum Gasteiger partial charge on any atom is -0.361 e. The third-order valence-electron chi connectivity index (χ3n) is 2.21. The van der Waals surface area contributed by atoms with Crippen LogP contribution in [0.1, 0.15) is 6.42 Å². The van der Waals surface area contributed by atoms with E-state index in [4.69, 9.17) is 10.00 Å². The predicted octanol–water partition coefficient (Wildman–Crippen LogP) is -0.651. The van der Waals surface area contributed by atoms with Crippen molar-refractivity contribution in [3.8, 4) is 6.07 Å². The summed E-state index contributed by atoms with van der Waals surface area (Å²) in [6.07, 6.45) is 0.214. The molecule has 3 unspecified atom stereocenters. The summed E-state index contributed by atoms with van der Waals surface area (Å²) in [4.78, 5) is 10.8. The molecule has 2 aliphatic rings. The summed E-state index contributed by atoms with van der Waals surface area (Å²) in [5.41, 5.74) is 0. The summed E-state index contributed by atoms with van der Waals surface area (Å²) in [5, 5.41) is 14.0. The standard InChI is InChI=1S/C7H9N3O2/c8-2-4-1-5-6(3-12-4)10-7(11)9-5/h4-6H,1,3H2,(H2,9,10,11). The van der Waals surface area contributed by atoms with E-state index < -0.39 is 0 Å². The summed E-state index contributed by atoms with van der Waals surface area (Å²) in [6, 6.07) is 1.98. The van der Waals surface area contributed by atoms with Gasteiger partial charge in [0, 0.05) is 6.42 Å². The Hall–Kier alpha value is -1.28. The van der Waals surface area contributed by atoms with E-state index in [0.717, 1.165) is 0 Å². The first-order valence-corrected chi connectivity index (χ1v) is 3.88. The van der Waals surface area contributed by atoms with Crippen LogP contribution in [0.25, 0.3) is 0 Å². The Labute approximate surface area is 69.7 Å². The monoisotopic (exact) mass is 167 g/mol. The first-order chi connectivity index (χ1) is 5.79. The number of nitrogens with one attached hydrogen (secondary N) is 2. The molecule has 0 saturated carbocycles. The largest absolute Gasteiger partial charge is 0.361 e. The van der Waals surface area contributed by atoms with Gasteiger partial charge in [0.05, 0.1) is 24.8 Å². The van der Waals surface area contributed by atoms with Gasteiger partial charge >= 0.3 is 6.03 Å². The van der Waals surface area contributed by atoms with E-state index in [0.29, 0.717) is 13.0 Å². The number of carbonyl (C=O) groups is 1. The Balaban J connectivity index is 2.02. The lowest BCUT2D eigenvalue weighted by molar-refractivity contribution is 0.0268. The lowest BCUT2D eigenvalue weighted by atomic mass is 10.0. The molecule has 12 heavy (non-hydrogen) atoms. The molecule has 0 spiro atoms. The van der Waals surface area contributed by atoms with Crippen LogP contribution in [-0.4, -0.2) is 30.8 Å². The van der Waals surface area contributed by atoms with Gasteiger partial charge in [-0.25, -0.2) is 4.79 Å². The second-order valence-electron chi connectivity index (χ2n) is 3.02. The lowest BCUT2D eigenvalue weighted by Gasteiger charge is -2.26. The minimum absolute atomic E-state index is 0.0436. The quantitative estimate of drug-likeness (QED) is 0.503. The third kappa shape index (κ3) is 1.10. The predicted molar refractivity (Wildman–Crippen MR) is 39.2 cm³/mol. The normalized spacial score (nSPS) is 39.2. The number of fused-ring (bicyclic) bond motifs is 1. The zero-order valence-electron chi connectivity index (χ0n) is 6.41. The molecule has 2 fully saturated rings. The number of carbonyl (C=O) groups excluding carboxylic acids is 1. The van der Waals surface area contributed by atoms with Crippen LogP contribution in [0.5, 0.6) is 0 Å². The van der Waals surface area contributed by atoms with Gasteiger partial charge in [-0.2, -0.15) is 5.26 Å². The highest BCUT2D eigenvalue weighted by atomic mass is 16.5. The average molecular weight is 167 g/mol. The number of amides is 2. The molecule has 0 radical (unpaired) electrons. The van der Waals surface area contributed by atoms with Gasteiger partial charge < -0.3 is 15.4 Å². The van der Waals surface area contributed by atoms with Gasteiger partial charge in [0.15, 0.2) is 0 Å². The molecule has 2 aliphatic heterocycles.